The van der Waals surface area contributed by atoms with Gasteiger partial charge in [0, 0.05) is 69.5 Å². The number of aromatic nitrogens is 2. The van der Waals surface area contributed by atoms with Crippen LogP contribution >= 0.6 is 24.0 Å². The van der Waals surface area contributed by atoms with Gasteiger partial charge in [0.2, 0.25) is 11.9 Å². The fraction of sp³-hybridized carbons (Fsp3) is 0.391. The third kappa shape index (κ3) is 6.12. The van der Waals surface area contributed by atoms with Gasteiger partial charge in [0.1, 0.15) is 11.3 Å². The van der Waals surface area contributed by atoms with Gasteiger partial charge in [-0.15, -0.1) is 24.0 Å². The number of rotatable bonds is 6. The van der Waals surface area contributed by atoms with Gasteiger partial charge < -0.3 is 24.9 Å². The molecule has 0 unspecified atom stereocenters. The molecule has 1 amide bonds. The minimum atomic E-state index is 0. The van der Waals surface area contributed by atoms with Crippen molar-refractivity contribution in [3.8, 4) is 0 Å². The van der Waals surface area contributed by atoms with Gasteiger partial charge in [-0.25, -0.2) is 9.97 Å². The Hall–Kier alpha value is -2.89. The Kier molecular flexibility index (Phi) is 8.87. The Morgan fingerprint density at radius 1 is 1.09 bits per heavy atom. The molecule has 0 spiro atoms. The number of carbonyl (C=O) groups excluding carboxylic acids is 1. The van der Waals surface area contributed by atoms with Crippen molar-refractivity contribution < 1.29 is 9.21 Å². The predicted molar refractivity (Wildman–Crippen MR) is 140 cm³/mol. The lowest BCUT2D eigenvalue weighted by molar-refractivity contribution is -0.131. The monoisotopic (exact) mass is 563 g/mol. The molecule has 0 saturated carbocycles. The molecule has 3 aromatic rings. The van der Waals surface area contributed by atoms with Crippen LogP contribution in [0.4, 0.5) is 5.95 Å². The van der Waals surface area contributed by atoms with E-state index in [0.29, 0.717) is 38.6 Å². The van der Waals surface area contributed by atoms with Crippen molar-refractivity contribution in [1.82, 2.24) is 25.5 Å². The summed E-state index contributed by atoms with van der Waals surface area (Å²) in [4.78, 5) is 29.4. The first kappa shape index (κ1) is 24.7. The molecule has 0 aliphatic carbocycles. The first-order valence-electron chi connectivity index (χ1n) is 10.9. The van der Waals surface area contributed by atoms with E-state index in [-0.39, 0.29) is 29.9 Å². The van der Waals surface area contributed by atoms with E-state index in [1.54, 1.807) is 25.5 Å². The zero-order chi connectivity index (χ0) is 22.3. The molecule has 4 rings (SSSR count). The average molecular weight is 563 g/mol. The number of halogens is 1. The summed E-state index contributed by atoms with van der Waals surface area (Å²) in [7, 11) is 1.72. The number of hydrogen-bond donors (Lipinski definition) is 2. The van der Waals surface area contributed by atoms with Crippen LogP contribution in [0.3, 0.4) is 0 Å². The number of aryl methyl sites for hydroxylation is 1. The van der Waals surface area contributed by atoms with E-state index in [1.807, 2.05) is 23.1 Å². The summed E-state index contributed by atoms with van der Waals surface area (Å²) >= 11 is 0. The summed E-state index contributed by atoms with van der Waals surface area (Å²) in [6.45, 7) is 5.93. The Balaban J connectivity index is 0.00000306. The Labute approximate surface area is 210 Å². The molecule has 0 bridgehead atoms. The summed E-state index contributed by atoms with van der Waals surface area (Å²) in [6.07, 6.45) is 3.89. The van der Waals surface area contributed by atoms with E-state index in [2.05, 4.69) is 43.5 Å². The molecule has 1 saturated heterocycles. The molecule has 1 aliphatic heterocycles. The van der Waals surface area contributed by atoms with Gasteiger partial charge in [-0.3, -0.25) is 9.79 Å². The van der Waals surface area contributed by atoms with Gasteiger partial charge in [-0.05, 0) is 19.1 Å². The summed E-state index contributed by atoms with van der Waals surface area (Å²) in [6, 6.07) is 9.81. The highest BCUT2D eigenvalue weighted by atomic mass is 127. The minimum absolute atomic E-state index is 0. The quantitative estimate of drug-likeness (QED) is 0.270. The minimum Gasteiger partial charge on any atom is -0.459 e. The molecule has 0 atom stereocenters. The number of furan rings is 1. The normalized spacial score (nSPS) is 14.2. The van der Waals surface area contributed by atoms with Crippen LogP contribution < -0.4 is 15.5 Å². The lowest BCUT2D eigenvalue weighted by atomic mass is 10.1. The number of carbonyl (C=O) groups is 1. The second-order valence-electron chi connectivity index (χ2n) is 7.67. The Morgan fingerprint density at radius 2 is 1.82 bits per heavy atom. The molecule has 1 aromatic carbocycles. The number of hydrogen-bond acceptors (Lipinski definition) is 6. The summed E-state index contributed by atoms with van der Waals surface area (Å²) in [5, 5.41) is 7.60. The molecule has 176 valence electrons. The fourth-order valence-corrected chi connectivity index (χ4v) is 3.83. The van der Waals surface area contributed by atoms with Gasteiger partial charge in [0.05, 0.1) is 6.54 Å². The van der Waals surface area contributed by atoms with Crippen molar-refractivity contribution in [3.63, 3.8) is 0 Å². The van der Waals surface area contributed by atoms with Crippen LogP contribution in [0.15, 0.2) is 52.1 Å². The van der Waals surface area contributed by atoms with Crippen LogP contribution in [-0.4, -0.2) is 66.5 Å². The lowest BCUT2D eigenvalue weighted by Gasteiger charge is -2.34. The van der Waals surface area contributed by atoms with Gasteiger partial charge in [-0.1, -0.05) is 18.2 Å². The third-order valence-electron chi connectivity index (χ3n) is 5.68. The zero-order valence-corrected chi connectivity index (χ0v) is 21.3. The number of aliphatic imine (C=N–C) groups is 1. The van der Waals surface area contributed by atoms with Crippen molar-refractivity contribution in [1.29, 1.82) is 0 Å². The van der Waals surface area contributed by atoms with Gasteiger partial charge >= 0.3 is 0 Å². The highest BCUT2D eigenvalue weighted by Crippen LogP contribution is 2.24. The number of piperazine rings is 1. The first-order chi connectivity index (χ1) is 15.7. The molecular weight excluding hydrogens is 533 g/mol. The number of anilines is 1. The Bertz CT molecular complexity index is 1080. The van der Waals surface area contributed by atoms with E-state index < -0.39 is 0 Å². The second kappa shape index (κ2) is 11.8. The summed E-state index contributed by atoms with van der Waals surface area (Å²) < 4.78 is 5.94. The highest BCUT2D eigenvalue weighted by molar-refractivity contribution is 14.0. The zero-order valence-electron chi connectivity index (χ0n) is 19.0. The third-order valence-corrected chi connectivity index (χ3v) is 5.68. The maximum atomic E-state index is 12.6. The molecule has 2 aromatic heterocycles. The van der Waals surface area contributed by atoms with E-state index >= 15 is 0 Å². The molecule has 3 heterocycles. The van der Waals surface area contributed by atoms with Crippen molar-refractivity contribution >= 4 is 52.8 Å². The molecule has 10 heteroatoms. The molecule has 1 aliphatic rings. The Morgan fingerprint density at radius 3 is 2.52 bits per heavy atom. The van der Waals surface area contributed by atoms with Crippen molar-refractivity contribution in [2.75, 3.05) is 44.7 Å². The number of para-hydroxylation sites is 1. The number of amides is 1. The van der Waals surface area contributed by atoms with Crippen LogP contribution in [0.2, 0.25) is 0 Å². The standard InChI is InChI=1S/C23H29N7O2.HI/c1-17-18-6-3-4-7-19(18)32-20(17)16-28-22(24-2)25-11-8-21(31)29-12-14-30(15-13-29)23-26-9-5-10-27-23;/h3-7,9-10H,8,11-16H2,1-2H3,(H2,24,25,28);1H. The van der Waals surface area contributed by atoms with E-state index in [9.17, 15) is 4.79 Å². The summed E-state index contributed by atoms with van der Waals surface area (Å²) in [5.41, 5.74) is 2.01. The summed E-state index contributed by atoms with van der Waals surface area (Å²) in [5.74, 6) is 2.37. The van der Waals surface area contributed by atoms with Crippen LogP contribution in [-0.2, 0) is 11.3 Å². The lowest BCUT2D eigenvalue weighted by Crippen LogP contribution is -2.50. The number of fused-ring (bicyclic) bond motifs is 1. The van der Waals surface area contributed by atoms with Crippen molar-refractivity contribution in [3.05, 3.63) is 54.0 Å². The van der Waals surface area contributed by atoms with E-state index in [1.165, 1.54) is 0 Å². The molecule has 9 nitrogen and oxygen atoms in total. The first-order valence-corrected chi connectivity index (χ1v) is 10.9. The van der Waals surface area contributed by atoms with Gasteiger partial charge in [0.15, 0.2) is 5.96 Å². The molecule has 33 heavy (non-hydrogen) atoms. The maximum Gasteiger partial charge on any atom is 0.225 e. The molecule has 0 radical (unpaired) electrons. The SMILES string of the molecule is CN=C(NCCC(=O)N1CCN(c2ncccn2)CC1)NCc1oc2ccccc2c1C.I. The number of benzene rings is 1. The smallest absolute Gasteiger partial charge is 0.225 e. The molecular formula is C23H30IN7O2. The van der Waals surface area contributed by atoms with Crippen LogP contribution in [0.25, 0.3) is 11.0 Å². The van der Waals surface area contributed by atoms with Crippen LogP contribution in [0.5, 0.6) is 0 Å². The topological polar surface area (TPSA) is 98.9 Å². The molecule has 2 N–H and O–H groups in total. The average Bonchev–Trinajstić information content (AvgIpc) is 3.17. The number of nitrogens with zero attached hydrogens (tertiary/aromatic N) is 5. The molecule has 1 fully saturated rings. The van der Waals surface area contributed by atoms with Crippen molar-refractivity contribution in [2.45, 2.75) is 19.9 Å². The highest BCUT2D eigenvalue weighted by Gasteiger charge is 2.22. The number of nitrogens with one attached hydrogen (secondary N) is 2. The number of guanidine groups is 1. The second-order valence-corrected chi connectivity index (χ2v) is 7.67. The van der Waals surface area contributed by atoms with Crippen LogP contribution in [0.1, 0.15) is 17.7 Å². The van der Waals surface area contributed by atoms with Gasteiger partial charge in [-0.2, -0.15) is 0 Å². The van der Waals surface area contributed by atoms with E-state index in [0.717, 1.165) is 41.3 Å². The maximum absolute atomic E-state index is 12.6. The van der Waals surface area contributed by atoms with E-state index in [4.69, 9.17) is 4.42 Å². The predicted octanol–water partition coefficient (Wildman–Crippen LogP) is 2.55. The van der Waals surface area contributed by atoms with Crippen LogP contribution in [0, 0.1) is 6.92 Å². The largest absolute Gasteiger partial charge is 0.459 e. The fourth-order valence-electron chi connectivity index (χ4n) is 3.83. The van der Waals surface area contributed by atoms with Gasteiger partial charge in [0.25, 0.3) is 0 Å². The van der Waals surface area contributed by atoms with Crippen molar-refractivity contribution in [2.24, 2.45) is 4.99 Å².